The maximum absolute atomic E-state index is 9.94. The number of aliphatic hydroxyl groups is 2. The van der Waals surface area contributed by atoms with Gasteiger partial charge in [-0.2, -0.15) is 0 Å². The summed E-state index contributed by atoms with van der Waals surface area (Å²) in [4.78, 5) is 13.1. The van der Waals surface area contributed by atoms with Gasteiger partial charge in [0, 0.05) is 12.2 Å². The fourth-order valence-corrected chi connectivity index (χ4v) is 3.82. The van der Waals surface area contributed by atoms with Crippen molar-refractivity contribution in [2.45, 2.75) is 35.6 Å². The van der Waals surface area contributed by atoms with Gasteiger partial charge in [-0.15, -0.1) is 0 Å². The first-order chi connectivity index (χ1) is 12.3. The van der Waals surface area contributed by atoms with Crippen molar-refractivity contribution in [3.63, 3.8) is 0 Å². The second-order valence-electron chi connectivity index (χ2n) is 5.89. The highest BCUT2D eigenvalue weighted by molar-refractivity contribution is 7.98. The third kappa shape index (κ3) is 3.25. The van der Waals surface area contributed by atoms with Crippen molar-refractivity contribution in [3.05, 3.63) is 48.5 Å². The summed E-state index contributed by atoms with van der Waals surface area (Å²) in [6.45, 7) is -0.211. The second kappa shape index (κ2) is 7.09. The maximum atomic E-state index is 9.94. The zero-order valence-corrected chi connectivity index (χ0v) is 14.2. The fraction of sp³-hybridized carbons (Fsp3) is 0.353. The summed E-state index contributed by atoms with van der Waals surface area (Å²) in [6, 6.07) is 10.2. The first-order valence-electron chi connectivity index (χ1n) is 8.05. The quantitative estimate of drug-likeness (QED) is 0.530. The van der Waals surface area contributed by atoms with Crippen molar-refractivity contribution < 1.29 is 14.9 Å². The van der Waals surface area contributed by atoms with Gasteiger partial charge >= 0.3 is 0 Å². The van der Waals surface area contributed by atoms with Crippen LogP contribution in [0.3, 0.4) is 0 Å². The molecule has 7 nitrogen and oxygen atoms in total. The molecule has 3 heterocycles. The van der Waals surface area contributed by atoms with E-state index in [1.54, 1.807) is 22.7 Å². The molecule has 1 saturated heterocycles. The number of fused-ring (bicyclic) bond motifs is 1. The van der Waals surface area contributed by atoms with E-state index in [0.717, 1.165) is 10.8 Å². The third-order valence-electron chi connectivity index (χ3n) is 4.24. The van der Waals surface area contributed by atoms with Crippen molar-refractivity contribution in [1.82, 2.24) is 19.5 Å². The Morgan fingerprint density at radius 2 is 2.04 bits per heavy atom. The number of aromatic nitrogens is 4. The van der Waals surface area contributed by atoms with E-state index in [2.05, 4.69) is 27.1 Å². The number of imidazole rings is 1. The van der Waals surface area contributed by atoms with Gasteiger partial charge in [0.05, 0.1) is 19.0 Å². The largest absolute Gasteiger partial charge is 0.394 e. The van der Waals surface area contributed by atoms with Crippen molar-refractivity contribution in [1.29, 1.82) is 0 Å². The highest BCUT2D eigenvalue weighted by Crippen LogP contribution is 2.32. The number of benzene rings is 1. The fourth-order valence-electron chi connectivity index (χ4n) is 2.92. The standard InChI is InChI=1S/C17H18N4O3S/c22-7-13-12(23)6-14(24-13)21-10-20-15-16(21)18-9-19-17(15)25-8-11-4-2-1-3-5-11/h1-5,9-10,12-14,22-23H,6-8H2/t12-,13+,14+/m0/s1. The van der Waals surface area contributed by atoms with Gasteiger partial charge < -0.3 is 14.9 Å². The van der Waals surface area contributed by atoms with Gasteiger partial charge in [-0.3, -0.25) is 4.57 Å². The summed E-state index contributed by atoms with van der Waals surface area (Å²) in [5.74, 6) is 0.797. The minimum Gasteiger partial charge on any atom is -0.394 e. The van der Waals surface area contributed by atoms with E-state index in [1.165, 1.54) is 11.9 Å². The second-order valence-corrected chi connectivity index (χ2v) is 6.86. The number of hydrogen-bond donors (Lipinski definition) is 2. The molecule has 1 aliphatic heterocycles. The monoisotopic (exact) mass is 358 g/mol. The molecule has 4 rings (SSSR count). The molecule has 130 valence electrons. The molecule has 0 amide bonds. The molecular formula is C17H18N4O3S. The lowest BCUT2D eigenvalue weighted by Gasteiger charge is -2.13. The molecule has 0 saturated carbocycles. The minimum absolute atomic E-state index is 0.211. The molecule has 1 fully saturated rings. The Kier molecular flexibility index (Phi) is 4.67. The molecule has 2 aromatic heterocycles. The van der Waals surface area contributed by atoms with Crippen molar-refractivity contribution in [3.8, 4) is 0 Å². The highest BCUT2D eigenvalue weighted by atomic mass is 32.2. The summed E-state index contributed by atoms with van der Waals surface area (Å²) in [7, 11) is 0. The number of aliphatic hydroxyl groups excluding tert-OH is 2. The van der Waals surface area contributed by atoms with Crippen LogP contribution in [0.25, 0.3) is 11.2 Å². The first-order valence-corrected chi connectivity index (χ1v) is 9.03. The topological polar surface area (TPSA) is 93.3 Å². The molecule has 1 aromatic carbocycles. The molecule has 2 N–H and O–H groups in total. The first kappa shape index (κ1) is 16.5. The van der Waals surface area contributed by atoms with Crippen molar-refractivity contribution >= 4 is 22.9 Å². The van der Waals surface area contributed by atoms with Crippen LogP contribution in [0.5, 0.6) is 0 Å². The van der Waals surface area contributed by atoms with E-state index in [1.807, 2.05) is 18.2 Å². The van der Waals surface area contributed by atoms with Crippen LogP contribution < -0.4 is 0 Å². The number of hydrogen-bond acceptors (Lipinski definition) is 7. The Labute approximate surface area is 148 Å². The van der Waals surface area contributed by atoms with Crippen LogP contribution in [0.4, 0.5) is 0 Å². The molecule has 0 radical (unpaired) electrons. The molecule has 8 heteroatoms. The third-order valence-corrected chi connectivity index (χ3v) is 5.29. The summed E-state index contributed by atoms with van der Waals surface area (Å²) >= 11 is 1.61. The number of nitrogens with zero attached hydrogens (tertiary/aromatic N) is 4. The van der Waals surface area contributed by atoms with E-state index in [-0.39, 0.29) is 12.8 Å². The SMILES string of the molecule is OC[C@H]1O[C@@H](n2cnc3c(SCc4ccccc4)ncnc32)C[C@@H]1O. The normalized spacial score (nSPS) is 23.4. The van der Waals surface area contributed by atoms with E-state index < -0.39 is 12.2 Å². The number of rotatable bonds is 5. The van der Waals surface area contributed by atoms with Gasteiger partial charge in [-0.1, -0.05) is 42.1 Å². The Bertz CT molecular complexity index is 857. The van der Waals surface area contributed by atoms with Gasteiger partial charge in [-0.05, 0) is 5.56 Å². The van der Waals surface area contributed by atoms with E-state index in [0.29, 0.717) is 17.6 Å². The Morgan fingerprint density at radius 1 is 1.20 bits per heavy atom. The molecule has 1 aliphatic rings. The lowest BCUT2D eigenvalue weighted by atomic mass is 10.2. The van der Waals surface area contributed by atoms with Crippen LogP contribution in [0.15, 0.2) is 48.0 Å². The Morgan fingerprint density at radius 3 is 2.80 bits per heavy atom. The molecule has 3 aromatic rings. The average molecular weight is 358 g/mol. The van der Waals surface area contributed by atoms with E-state index >= 15 is 0 Å². The molecule has 3 atom stereocenters. The zero-order chi connectivity index (χ0) is 17.2. The number of thioether (sulfide) groups is 1. The van der Waals surface area contributed by atoms with Gasteiger partial charge in [0.15, 0.2) is 5.65 Å². The Balaban J connectivity index is 1.58. The van der Waals surface area contributed by atoms with Crippen LogP contribution >= 0.6 is 11.8 Å². The van der Waals surface area contributed by atoms with Crippen molar-refractivity contribution in [2.24, 2.45) is 0 Å². The van der Waals surface area contributed by atoms with Gasteiger partial charge in [-0.25, -0.2) is 15.0 Å². The van der Waals surface area contributed by atoms with Crippen LogP contribution in [-0.4, -0.2) is 48.5 Å². The minimum atomic E-state index is -0.693. The molecule has 0 aliphatic carbocycles. The lowest BCUT2D eigenvalue weighted by Crippen LogP contribution is -2.24. The van der Waals surface area contributed by atoms with Gasteiger partial charge in [0.25, 0.3) is 0 Å². The molecule has 0 bridgehead atoms. The maximum Gasteiger partial charge on any atom is 0.166 e. The molecular weight excluding hydrogens is 340 g/mol. The average Bonchev–Trinajstić information content (AvgIpc) is 3.24. The van der Waals surface area contributed by atoms with Gasteiger partial charge in [0.2, 0.25) is 0 Å². The van der Waals surface area contributed by atoms with Crippen LogP contribution in [0.2, 0.25) is 0 Å². The smallest absolute Gasteiger partial charge is 0.166 e. The van der Waals surface area contributed by atoms with Crippen molar-refractivity contribution in [2.75, 3.05) is 6.61 Å². The van der Waals surface area contributed by atoms with Crippen LogP contribution in [0.1, 0.15) is 18.2 Å². The summed E-state index contributed by atoms with van der Waals surface area (Å²) < 4.78 is 7.49. The molecule has 0 unspecified atom stereocenters. The van der Waals surface area contributed by atoms with Crippen LogP contribution in [-0.2, 0) is 10.5 Å². The predicted molar refractivity (Wildman–Crippen MR) is 92.9 cm³/mol. The number of ether oxygens (including phenoxy) is 1. The predicted octanol–water partition coefficient (Wildman–Crippen LogP) is 1.76. The van der Waals surface area contributed by atoms with E-state index in [4.69, 9.17) is 4.74 Å². The molecule has 0 spiro atoms. The summed E-state index contributed by atoms with van der Waals surface area (Å²) in [5, 5.41) is 20.0. The van der Waals surface area contributed by atoms with Crippen LogP contribution in [0, 0.1) is 0 Å². The summed E-state index contributed by atoms with van der Waals surface area (Å²) in [6.07, 6.45) is 1.91. The zero-order valence-electron chi connectivity index (χ0n) is 13.4. The Hall–Kier alpha value is -2.00. The highest BCUT2D eigenvalue weighted by Gasteiger charge is 2.35. The summed E-state index contributed by atoms with van der Waals surface area (Å²) in [5.41, 5.74) is 2.60. The van der Waals surface area contributed by atoms with Gasteiger partial charge in [0.1, 0.15) is 29.2 Å². The van der Waals surface area contributed by atoms with E-state index in [9.17, 15) is 10.2 Å². The molecule has 25 heavy (non-hydrogen) atoms. The lowest BCUT2D eigenvalue weighted by molar-refractivity contribution is -0.0432.